The second-order valence-electron chi connectivity index (χ2n) is 6.50. The Morgan fingerprint density at radius 1 is 1.18 bits per heavy atom. The Balaban J connectivity index is 0.00000176. The van der Waals surface area contributed by atoms with Crippen LogP contribution in [0.25, 0.3) is 10.9 Å². The van der Waals surface area contributed by atoms with E-state index in [4.69, 9.17) is 10.7 Å². The summed E-state index contributed by atoms with van der Waals surface area (Å²) < 4.78 is 0. The average molecular weight is 320 g/mol. The molecule has 1 aromatic heterocycles. The standard InChI is InChI=1S/C18H25N3.ClH/c1-12-8-13(2)17-15(9-12)11-16(10-14(3)19)18(20-17)21-6-4-5-7-21;/h8-9,11,14H,4-7,10,19H2,1-3H3;1H. The molecule has 2 aromatic rings. The molecule has 0 spiro atoms. The van der Waals surface area contributed by atoms with Gasteiger partial charge in [-0.05, 0) is 63.3 Å². The first-order valence-electron chi connectivity index (χ1n) is 7.96. The van der Waals surface area contributed by atoms with Crippen molar-refractivity contribution in [3.63, 3.8) is 0 Å². The quantitative estimate of drug-likeness (QED) is 0.936. The maximum absolute atomic E-state index is 6.05. The van der Waals surface area contributed by atoms with Gasteiger partial charge in [-0.15, -0.1) is 12.4 Å². The molecule has 1 aromatic carbocycles. The lowest BCUT2D eigenvalue weighted by atomic mass is 10.0. The van der Waals surface area contributed by atoms with E-state index in [1.807, 2.05) is 0 Å². The van der Waals surface area contributed by atoms with E-state index in [1.54, 1.807) is 0 Å². The first kappa shape index (κ1) is 17.0. The zero-order valence-corrected chi connectivity index (χ0v) is 14.5. The molecule has 0 saturated carbocycles. The Kier molecular flexibility index (Phi) is 5.30. The van der Waals surface area contributed by atoms with Crippen LogP contribution in [0.4, 0.5) is 5.82 Å². The monoisotopic (exact) mass is 319 g/mol. The van der Waals surface area contributed by atoms with Crippen molar-refractivity contribution in [2.75, 3.05) is 18.0 Å². The van der Waals surface area contributed by atoms with E-state index >= 15 is 0 Å². The molecule has 0 radical (unpaired) electrons. The predicted octanol–water partition coefficient (Wildman–Crippen LogP) is 3.76. The molecule has 120 valence electrons. The molecular formula is C18H26ClN3. The highest BCUT2D eigenvalue weighted by Crippen LogP contribution is 2.29. The summed E-state index contributed by atoms with van der Waals surface area (Å²) in [6.45, 7) is 8.61. The number of pyridine rings is 1. The van der Waals surface area contributed by atoms with Crippen molar-refractivity contribution in [1.82, 2.24) is 4.98 Å². The second-order valence-corrected chi connectivity index (χ2v) is 6.50. The molecule has 0 bridgehead atoms. The summed E-state index contributed by atoms with van der Waals surface area (Å²) in [5.74, 6) is 1.16. The first-order valence-corrected chi connectivity index (χ1v) is 7.96. The number of nitrogens with two attached hydrogens (primary N) is 1. The summed E-state index contributed by atoms with van der Waals surface area (Å²) in [6.07, 6.45) is 3.43. The Hall–Kier alpha value is -1.32. The smallest absolute Gasteiger partial charge is 0.132 e. The van der Waals surface area contributed by atoms with Gasteiger partial charge in [0, 0.05) is 24.5 Å². The average Bonchev–Trinajstić information content (AvgIpc) is 2.90. The van der Waals surface area contributed by atoms with E-state index < -0.39 is 0 Å². The molecule has 1 aliphatic rings. The highest BCUT2D eigenvalue weighted by molar-refractivity contribution is 5.86. The summed E-state index contributed by atoms with van der Waals surface area (Å²) in [5, 5.41) is 1.24. The molecule has 1 aliphatic heterocycles. The molecule has 0 amide bonds. The molecule has 4 heteroatoms. The fourth-order valence-corrected chi connectivity index (χ4v) is 3.39. The van der Waals surface area contributed by atoms with E-state index in [0.29, 0.717) is 0 Å². The van der Waals surface area contributed by atoms with Crippen LogP contribution in [0.15, 0.2) is 18.2 Å². The first-order chi connectivity index (χ1) is 10.0. The molecule has 0 aliphatic carbocycles. The van der Waals surface area contributed by atoms with Gasteiger partial charge in [-0.2, -0.15) is 0 Å². The number of hydrogen-bond donors (Lipinski definition) is 1. The fourth-order valence-electron chi connectivity index (χ4n) is 3.39. The van der Waals surface area contributed by atoms with Crippen LogP contribution < -0.4 is 10.6 Å². The molecule has 2 heterocycles. The lowest BCUT2D eigenvalue weighted by Gasteiger charge is -2.22. The van der Waals surface area contributed by atoms with Gasteiger partial charge >= 0.3 is 0 Å². The largest absolute Gasteiger partial charge is 0.356 e. The third-order valence-electron chi connectivity index (χ3n) is 4.26. The van der Waals surface area contributed by atoms with Crippen LogP contribution in [-0.2, 0) is 6.42 Å². The van der Waals surface area contributed by atoms with E-state index in [-0.39, 0.29) is 18.4 Å². The van der Waals surface area contributed by atoms with Gasteiger partial charge in [0.05, 0.1) is 5.52 Å². The highest BCUT2D eigenvalue weighted by Gasteiger charge is 2.19. The molecule has 3 rings (SSSR count). The second kappa shape index (κ2) is 6.84. The van der Waals surface area contributed by atoms with Gasteiger partial charge in [-0.1, -0.05) is 11.6 Å². The zero-order valence-electron chi connectivity index (χ0n) is 13.7. The molecule has 1 unspecified atom stereocenters. The number of fused-ring (bicyclic) bond motifs is 1. The molecular weight excluding hydrogens is 294 g/mol. The van der Waals surface area contributed by atoms with Crippen LogP contribution in [0, 0.1) is 13.8 Å². The number of aryl methyl sites for hydroxylation is 2. The van der Waals surface area contributed by atoms with Crippen LogP contribution in [0.5, 0.6) is 0 Å². The molecule has 1 atom stereocenters. The molecule has 1 fully saturated rings. The fraction of sp³-hybridized carbons (Fsp3) is 0.500. The Labute approximate surface area is 139 Å². The van der Waals surface area contributed by atoms with E-state index in [9.17, 15) is 0 Å². The minimum atomic E-state index is 0. The molecule has 22 heavy (non-hydrogen) atoms. The third-order valence-corrected chi connectivity index (χ3v) is 4.26. The Morgan fingerprint density at radius 3 is 2.50 bits per heavy atom. The van der Waals surface area contributed by atoms with E-state index in [0.717, 1.165) is 30.8 Å². The van der Waals surface area contributed by atoms with Crippen molar-refractivity contribution >= 4 is 29.1 Å². The van der Waals surface area contributed by atoms with Gasteiger partial charge in [0.2, 0.25) is 0 Å². The normalized spacial score (nSPS) is 15.9. The zero-order chi connectivity index (χ0) is 15.0. The minimum Gasteiger partial charge on any atom is -0.356 e. The lowest BCUT2D eigenvalue weighted by molar-refractivity contribution is 0.732. The maximum Gasteiger partial charge on any atom is 0.132 e. The van der Waals surface area contributed by atoms with Crippen LogP contribution in [-0.4, -0.2) is 24.1 Å². The van der Waals surface area contributed by atoms with Crippen LogP contribution in [0.1, 0.15) is 36.5 Å². The molecule has 1 saturated heterocycles. The van der Waals surface area contributed by atoms with Crippen molar-refractivity contribution in [2.24, 2.45) is 5.73 Å². The summed E-state index contributed by atoms with van der Waals surface area (Å²) in [4.78, 5) is 7.45. The number of benzene rings is 1. The van der Waals surface area contributed by atoms with Gasteiger partial charge in [0.25, 0.3) is 0 Å². The highest BCUT2D eigenvalue weighted by atomic mass is 35.5. The number of rotatable bonds is 3. The van der Waals surface area contributed by atoms with E-state index in [1.165, 1.54) is 34.9 Å². The van der Waals surface area contributed by atoms with Gasteiger partial charge < -0.3 is 10.6 Å². The Morgan fingerprint density at radius 2 is 1.86 bits per heavy atom. The maximum atomic E-state index is 6.05. The van der Waals surface area contributed by atoms with Crippen LogP contribution >= 0.6 is 12.4 Å². The Bertz CT molecular complexity index is 661. The summed E-state index contributed by atoms with van der Waals surface area (Å²) >= 11 is 0. The van der Waals surface area contributed by atoms with Crippen LogP contribution in [0.3, 0.4) is 0 Å². The topological polar surface area (TPSA) is 42.2 Å². The summed E-state index contributed by atoms with van der Waals surface area (Å²) in [7, 11) is 0. The van der Waals surface area contributed by atoms with Gasteiger partial charge in [0.1, 0.15) is 5.82 Å². The predicted molar refractivity (Wildman–Crippen MR) is 97.3 cm³/mol. The number of hydrogen-bond acceptors (Lipinski definition) is 3. The van der Waals surface area contributed by atoms with Crippen molar-refractivity contribution in [3.8, 4) is 0 Å². The lowest BCUT2D eigenvalue weighted by Crippen LogP contribution is -2.24. The summed E-state index contributed by atoms with van der Waals surface area (Å²) in [6, 6.07) is 6.91. The van der Waals surface area contributed by atoms with Gasteiger partial charge in [0.15, 0.2) is 0 Å². The van der Waals surface area contributed by atoms with Gasteiger partial charge in [-0.3, -0.25) is 0 Å². The van der Waals surface area contributed by atoms with Crippen LogP contribution in [0.2, 0.25) is 0 Å². The SMILES string of the molecule is Cc1cc(C)c2nc(N3CCCC3)c(CC(C)N)cc2c1.Cl. The van der Waals surface area contributed by atoms with Crippen molar-refractivity contribution < 1.29 is 0 Å². The van der Waals surface area contributed by atoms with Crippen molar-refractivity contribution in [2.45, 2.75) is 46.1 Å². The number of anilines is 1. The van der Waals surface area contributed by atoms with Gasteiger partial charge in [-0.25, -0.2) is 4.98 Å². The molecule has 3 nitrogen and oxygen atoms in total. The number of halogens is 1. The van der Waals surface area contributed by atoms with E-state index in [2.05, 4.69) is 43.9 Å². The third kappa shape index (κ3) is 3.36. The summed E-state index contributed by atoms with van der Waals surface area (Å²) in [5.41, 5.74) is 11.0. The number of aromatic nitrogens is 1. The van der Waals surface area contributed by atoms with Crippen molar-refractivity contribution in [3.05, 3.63) is 34.9 Å². The van der Waals surface area contributed by atoms with Crippen molar-refractivity contribution in [1.29, 1.82) is 0 Å². The minimum absolute atomic E-state index is 0. The number of nitrogens with zero attached hydrogens (tertiary/aromatic N) is 2. The molecule has 2 N–H and O–H groups in total.